The molecule has 0 aliphatic heterocycles. The molecule has 1 fully saturated rings. The van der Waals surface area contributed by atoms with Crippen molar-refractivity contribution in [1.82, 2.24) is 0 Å². The fourth-order valence-corrected chi connectivity index (χ4v) is 1.34. The molecule has 0 radical (unpaired) electrons. The van der Waals surface area contributed by atoms with Crippen molar-refractivity contribution in [3.05, 3.63) is 24.0 Å². The predicted octanol–water partition coefficient (Wildman–Crippen LogP) is 2.80. The van der Waals surface area contributed by atoms with Crippen molar-refractivity contribution in [2.45, 2.75) is 25.8 Å². The third-order valence-electron chi connectivity index (χ3n) is 2.18. The monoisotopic (exact) mass is 195 g/mol. The SMILES string of the molecule is CCOc1cc(F)ccc1NC1CC1. The Morgan fingerprint density at radius 1 is 1.50 bits per heavy atom. The van der Waals surface area contributed by atoms with Crippen LogP contribution in [0.4, 0.5) is 10.1 Å². The van der Waals surface area contributed by atoms with Crippen molar-refractivity contribution in [1.29, 1.82) is 0 Å². The van der Waals surface area contributed by atoms with Gasteiger partial charge in [-0.3, -0.25) is 0 Å². The van der Waals surface area contributed by atoms with Crippen molar-refractivity contribution in [3.63, 3.8) is 0 Å². The number of hydrogen-bond donors (Lipinski definition) is 1. The van der Waals surface area contributed by atoms with E-state index >= 15 is 0 Å². The van der Waals surface area contributed by atoms with Gasteiger partial charge in [0, 0.05) is 12.1 Å². The van der Waals surface area contributed by atoms with E-state index in [9.17, 15) is 4.39 Å². The maximum atomic E-state index is 12.9. The van der Waals surface area contributed by atoms with Gasteiger partial charge >= 0.3 is 0 Å². The van der Waals surface area contributed by atoms with Gasteiger partial charge in [0.2, 0.25) is 0 Å². The summed E-state index contributed by atoms with van der Waals surface area (Å²) in [4.78, 5) is 0. The fraction of sp³-hybridized carbons (Fsp3) is 0.455. The van der Waals surface area contributed by atoms with Crippen LogP contribution in [-0.2, 0) is 0 Å². The molecule has 0 saturated heterocycles. The van der Waals surface area contributed by atoms with Gasteiger partial charge in [-0.25, -0.2) is 4.39 Å². The highest BCUT2D eigenvalue weighted by atomic mass is 19.1. The molecule has 1 aliphatic carbocycles. The summed E-state index contributed by atoms with van der Waals surface area (Å²) in [5, 5.41) is 3.30. The highest BCUT2D eigenvalue weighted by Crippen LogP contribution is 2.31. The Morgan fingerprint density at radius 3 is 2.93 bits per heavy atom. The maximum absolute atomic E-state index is 12.9. The van der Waals surface area contributed by atoms with Gasteiger partial charge in [-0.05, 0) is 31.9 Å². The summed E-state index contributed by atoms with van der Waals surface area (Å²) in [6.07, 6.45) is 2.39. The zero-order chi connectivity index (χ0) is 9.97. The van der Waals surface area contributed by atoms with E-state index in [-0.39, 0.29) is 5.82 Å². The number of nitrogens with one attached hydrogen (secondary N) is 1. The number of benzene rings is 1. The first-order valence-corrected chi connectivity index (χ1v) is 4.98. The lowest BCUT2D eigenvalue weighted by Gasteiger charge is -2.11. The van der Waals surface area contributed by atoms with Gasteiger partial charge in [0.25, 0.3) is 0 Å². The molecule has 0 amide bonds. The predicted molar refractivity (Wildman–Crippen MR) is 54.2 cm³/mol. The van der Waals surface area contributed by atoms with Crippen LogP contribution < -0.4 is 10.1 Å². The van der Waals surface area contributed by atoms with Gasteiger partial charge in [0.1, 0.15) is 11.6 Å². The van der Waals surface area contributed by atoms with Crippen LogP contribution >= 0.6 is 0 Å². The molecule has 0 heterocycles. The lowest BCUT2D eigenvalue weighted by atomic mass is 10.3. The van der Waals surface area contributed by atoms with Crippen LogP contribution in [-0.4, -0.2) is 12.6 Å². The zero-order valence-corrected chi connectivity index (χ0v) is 8.22. The third kappa shape index (κ3) is 2.16. The molecule has 1 N–H and O–H groups in total. The molecule has 2 nitrogen and oxygen atoms in total. The van der Waals surface area contributed by atoms with E-state index in [1.165, 1.54) is 25.0 Å². The van der Waals surface area contributed by atoms with Gasteiger partial charge in [-0.2, -0.15) is 0 Å². The van der Waals surface area contributed by atoms with Crippen LogP contribution in [0.2, 0.25) is 0 Å². The van der Waals surface area contributed by atoms with E-state index in [1.54, 1.807) is 6.07 Å². The molecule has 0 atom stereocenters. The quantitative estimate of drug-likeness (QED) is 0.797. The second-order valence-electron chi connectivity index (χ2n) is 3.49. The van der Waals surface area contributed by atoms with Crippen molar-refractivity contribution in [2.24, 2.45) is 0 Å². The van der Waals surface area contributed by atoms with E-state index in [1.807, 2.05) is 6.92 Å². The molecular weight excluding hydrogens is 181 g/mol. The summed E-state index contributed by atoms with van der Waals surface area (Å²) >= 11 is 0. The molecule has 1 aromatic carbocycles. The minimum atomic E-state index is -0.255. The molecular formula is C11H14FNO. The summed E-state index contributed by atoms with van der Waals surface area (Å²) in [5.74, 6) is 0.356. The first kappa shape index (κ1) is 9.31. The van der Waals surface area contributed by atoms with E-state index < -0.39 is 0 Å². The van der Waals surface area contributed by atoms with Crippen molar-refractivity contribution < 1.29 is 9.13 Å². The highest BCUT2D eigenvalue weighted by Gasteiger charge is 2.22. The molecule has 76 valence electrons. The first-order chi connectivity index (χ1) is 6.79. The first-order valence-electron chi connectivity index (χ1n) is 4.98. The van der Waals surface area contributed by atoms with Crippen LogP contribution in [0.3, 0.4) is 0 Å². The average molecular weight is 195 g/mol. The van der Waals surface area contributed by atoms with E-state index in [2.05, 4.69) is 5.32 Å². The maximum Gasteiger partial charge on any atom is 0.145 e. The fourth-order valence-electron chi connectivity index (χ4n) is 1.34. The van der Waals surface area contributed by atoms with E-state index in [4.69, 9.17) is 4.74 Å². The molecule has 1 aliphatic rings. The molecule has 3 heteroatoms. The molecule has 14 heavy (non-hydrogen) atoms. The normalized spacial score (nSPS) is 15.3. The van der Waals surface area contributed by atoms with Gasteiger partial charge in [-0.15, -0.1) is 0 Å². The number of rotatable bonds is 4. The van der Waals surface area contributed by atoms with Crippen molar-refractivity contribution in [3.8, 4) is 5.75 Å². The second kappa shape index (κ2) is 3.86. The van der Waals surface area contributed by atoms with Gasteiger partial charge in [-0.1, -0.05) is 0 Å². The van der Waals surface area contributed by atoms with Crippen LogP contribution in [0.15, 0.2) is 18.2 Å². The smallest absolute Gasteiger partial charge is 0.145 e. The van der Waals surface area contributed by atoms with Crippen LogP contribution in [0.25, 0.3) is 0 Å². The van der Waals surface area contributed by atoms with Crippen LogP contribution in [0.5, 0.6) is 5.75 Å². The Kier molecular flexibility index (Phi) is 2.57. The average Bonchev–Trinajstić information content (AvgIpc) is 2.94. The van der Waals surface area contributed by atoms with Crippen molar-refractivity contribution >= 4 is 5.69 Å². The van der Waals surface area contributed by atoms with Gasteiger partial charge in [0.05, 0.1) is 12.3 Å². The molecule has 2 rings (SSSR count). The largest absolute Gasteiger partial charge is 0.492 e. The Morgan fingerprint density at radius 2 is 2.29 bits per heavy atom. The molecule has 0 aromatic heterocycles. The molecule has 0 spiro atoms. The molecule has 0 bridgehead atoms. The highest BCUT2D eigenvalue weighted by molar-refractivity contribution is 5.57. The van der Waals surface area contributed by atoms with E-state index in [0.717, 1.165) is 5.69 Å². The Bertz CT molecular complexity index is 323. The summed E-state index contributed by atoms with van der Waals surface area (Å²) in [6.45, 7) is 2.45. The number of anilines is 1. The summed E-state index contributed by atoms with van der Waals surface area (Å²) in [7, 11) is 0. The minimum absolute atomic E-state index is 0.255. The summed E-state index contributed by atoms with van der Waals surface area (Å²) in [5.41, 5.74) is 0.899. The number of ether oxygens (including phenoxy) is 1. The molecule has 1 saturated carbocycles. The standard InChI is InChI=1S/C11H14FNO/c1-2-14-11-7-8(12)3-6-10(11)13-9-4-5-9/h3,6-7,9,13H,2,4-5H2,1H3. The topological polar surface area (TPSA) is 21.3 Å². The van der Waals surface area contributed by atoms with Gasteiger partial charge in [0.15, 0.2) is 0 Å². The lowest BCUT2D eigenvalue weighted by Crippen LogP contribution is -2.04. The molecule has 1 aromatic rings. The lowest BCUT2D eigenvalue weighted by molar-refractivity contribution is 0.339. The summed E-state index contributed by atoms with van der Waals surface area (Å²) in [6, 6.07) is 5.17. The Labute approximate surface area is 83.1 Å². The second-order valence-corrected chi connectivity index (χ2v) is 3.49. The molecule has 0 unspecified atom stereocenters. The van der Waals surface area contributed by atoms with E-state index in [0.29, 0.717) is 18.4 Å². The Balaban J connectivity index is 2.17. The minimum Gasteiger partial charge on any atom is -0.492 e. The van der Waals surface area contributed by atoms with Crippen LogP contribution in [0.1, 0.15) is 19.8 Å². The number of hydrogen-bond acceptors (Lipinski definition) is 2. The zero-order valence-electron chi connectivity index (χ0n) is 8.22. The van der Waals surface area contributed by atoms with Gasteiger partial charge < -0.3 is 10.1 Å². The van der Waals surface area contributed by atoms with Crippen LogP contribution in [0, 0.1) is 5.82 Å². The van der Waals surface area contributed by atoms with Crippen molar-refractivity contribution in [2.75, 3.05) is 11.9 Å². The summed E-state index contributed by atoms with van der Waals surface area (Å²) < 4.78 is 18.3. The third-order valence-corrected chi connectivity index (χ3v) is 2.18. The number of halogens is 1. The Hall–Kier alpha value is -1.25.